The Bertz CT molecular complexity index is 913. The van der Waals surface area contributed by atoms with E-state index >= 15 is 0 Å². The van der Waals surface area contributed by atoms with Crippen molar-refractivity contribution in [3.63, 3.8) is 0 Å². The summed E-state index contributed by atoms with van der Waals surface area (Å²) in [5.41, 5.74) is 0. The van der Waals surface area contributed by atoms with Crippen LogP contribution in [0.1, 0.15) is 79.1 Å². The zero-order valence-electron chi connectivity index (χ0n) is 29.2. The normalized spacial score (nSPS) is 29.4. The molecule has 1 heterocycles. The Hall–Kier alpha value is 1.47. The van der Waals surface area contributed by atoms with Gasteiger partial charge in [-0.05, 0) is 76.6 Å². The number of unbranched alkanes of at least 4 members (excludes halogenated alkanes) is 4. The number of phosphoric acid groups is 4. The van der Waals surface area contributed by atoms with Gasteiger partial charge in [0, 0.05) is 0 Å². The molecular weight excluding hydrogens is 716 g/mol. The molecular formula is C24H60O12P4Si4. The predicted molar refractivity (Wildman–Crippen MR) is 188 cm³/mol. The van der Waals surface area contributed by atoms with Gasteiger partial charge in [-0.25, -0.2) is 18.3 Å². The highest BCUT2D eigenvalue weighted by Gasteiger charge is 2.61. The third-order valence-corrected chi connectivity index (χ3v) is 30.9. The predicted octanol–water partition coefficient (Wildman–Crippen LogP) is 12.6. The third kappa shape index (κ3) is 16.2. The fourth-order valence-electron chi connectivity index (χ4n) is 4.49. The van der Waals surface area contributed by atoms with E-state index in [4.69, 9.17) is 34.1 Å². The quantitative estimate of drug-likeness (QED) is 0.0857. The summed E-state index contributed by atoms with van der Waals surface area (Å²) in [5, 5.41) is 0. The van der Waals surface area contributed by atoms with Gasteiger partial charge < -0.3 is 16.9 Å². The molecule has 1 rings (SSSR count). The Labute approximate surface area is 271 Å². The van der Waals surface area contributed by atoms with Crippen LogP contribution < -0.4 is 0 Å². The van der Waals surface area contributed by atoms with Crippen molar-refractivity contribution >= 4 is 64.6 Å². The van der Waals surface area contributed by atoms with Gasteiger partial charge >= 0.3 is 31.3 Å². The van der Waals surface area contributed by atoms with Crippen molar-refractivity contribution < 1.29 is 52.4 Å². The standard InChI is InChI=1S/C24H60O12P4Si4/c1-13-17-21-41(5,6)33-37(25)29-38(26,34-42(7,8)22-18-14-2)31-40(28,36-44(11,12)24-20-16-4)32-39(27,30-37)35-43(9,10)23-19-15-3/h13-24H2,1-12H3. The monoisotopic (exact) mass is 776 g/mol. The topological polar surface area (TPSA) is 142 Å². The lowest BCUT2D eigenvalue weighted by atomic mass is 10.4. The zero-order chi connectivity index (χ0) is 34.1. The van der Waals surface area contributed by atoms with Gasteiger partial charge in [-0.3, -0.25) is 0 Å². The molecule has 0 saturated carbocycles. The lowest BCUT2D eigenvalue weighted by Gasteiger charge is -2.39. The minimum absolute atomic E-state index is 0.560. The fraction of sp³-hybridized carbons (Fsp3) is 1.00. The summed E-state index contributed by atoms with van der Waals surface area (Å²) in [7, 11) is -31.5. The van der Waals surface area contributed by atoms with Crippen molar-refractivity contribution in [1.29, 1.82) is 0 Å². The molecule has 0 bridgehead atoms. The van der Waals surface area contributed by atoms with Crippen LogP contribution in [0.4, 0.5) is 0 Å². The molecule has 0 aromatic rings. The number of hydrogen-bond acceptors (Lipinski definition) is 12. The first kappa shape index (κ1) is 43.5. The molecule has 0 aliphatic carbocycles. The molecule has 20 heteroatoms. The maximum atomic E-state index is 14.5. The Kier molecular flexibility index (Phi) is 17.2. The maximum Gasteiger partial charge on any atom is 0.482 e. The smallest absolute Gasteiger partial charge is 0.329 e. The molecule has 1 aliphatic heterocycles. The Morgan fingerprint density at radius 3 is 0.682 bits per heavy atom. The van der Waals surface area contributed by atoms with Gasteiger partial charge in [-0.15, -0.1) is 0 Å². The summed E-state index contributed by atoms with van der Waals surface area (Å²) < 4.78 is 104. The van der Waals surface area contributed by atoms with E-state index in [1.165, 1.54) is 0 Å². The van der Waals surface area contributed by atoms with Crippen LogP contribution in [0.25, 0.3) is 0 Å². The second-order valence-electron chi connectivity index (χ2n) is 13.9. The molecule has 1 aliphatic rings. The molecule has 0 amide bonds. The van der Waals surface area contributed by atoms with E-state index < -0.39 is 64.6 Å². The molecule has 0 atom stereocenters. The van der Waals surface area contributed by atoms with Crippen LogP contribution in [0, 0.1) is 0 Å². The first-order valence-corrected chi connectivity index (χ1v) is 34.3. The van der Waals surface area contributed by atoms with Gasteiger partial charge in [0.15, 0.2) is 0 Å². The minimum Gasteiger partial charge on any atom is -0.329 e. The Morgan fingerprint density at radius 1 is 0.386 bits per heavy atom. The molecule has 12 nitrogen and oxygen atoms in total. The highest BCUT2D eigenvalue weighted by molar-refractivity contribution is 7.77. The molecule has 0 spiro atoms. The van der Waals surface area contributed by atoms with Gasteiger partial charge in [0.05, 0.1) is 0 Å². The molecule has 0 aromatic carbocycles. The van der Waals surface area contributed by atoms with Gasteiger partial charge in [0.25, 0.3) is 0 Å². The summed E-state index contributed by atoms with van der Waals surface area (Å²) in [6.07, 6.45) is 6.49. The largest absolute Gasteiger partial charge is 0.482 e. The van der Waals surface area contributed by atoms with Crippen LogP contribution >= 0.6 is 31.3 Å². The summed E-state index contributed by atoms with van der Waals surface area (Å²) in [4.78, 5) is 0. The molecule has 264 valence electrons. The van der Waals surface area contributed by atoms with Crippen LogP contribution in [0.15, 0.2) is 0 Å². The van der Waals surface area contributed by atoms with E-state index in [1.807, 2.05) is 27.7 Å². The van der Waals surface area contributed by atoms with Crippen molar-refractivity contribution in [3.05, 3.63) is 0 Å². The second-order valence-corrected chi connectivity index (χ2v) is 39.1. The van der Waals surface area contributed by atoms with Crippen molar-refractivity contribution in [2.24, 2.45) is 0 Å². The molecule has 0 aromatic heterocycles. The highest BCUT2D eigenvalue weighted by Crippen LogP contribution is 2.84. The summed E-state index contributed by atoms with van der Waals surface area (Å²) in [6.45, 7) is 22.4. The van der Waals surface area contributed by atoms with E-state index in [0.29, 0.717) is 24.2 Å². The summed E-state index contributed by atoms with van der Waals surface area (Å²) in [5.74, 6) is 0. The minimum atomic E-state index is -5.02. The van der Waals surface area contributed by atoms with E-state index in [-0.39, 0.29) is 0 Å². The molecule has 1 fully saturated rings. The molecule has 0 unspecified atom stereocenters. The Balaban J connectivity index is 3.81. The van der Waals surface area contributed by atoms with E-state index in [2.05, 4.69) is 0 Å². The van der Waals surface area contributed by atoms with Crippen LogP contribution in [0.5, 0.6) is 0 Å². The SMILES string of the molecule is CCCC[Si](C)(C)OP1(=O)OP(=O)(O[Si](C)(C)CCCC)OP(=O)(O[Si](C)(C)CCCC)OP(=O)(O[Si](C)(C)CCCC)O1. The number of hydrogen-bond donors (Lipinski definition) is 0. The molecule has 1 saturated heterocycles. The number of rotatable bonds is 20. The lowest BCUT2D eigenvalue weighted by molar-refractivity contribution is 0.171. The molecule has 44 heavy (non-hydrogen) atoms. The van der Waals surface area contributed by atoms with E-state index in [0.717, 1.165) is 51.4 Å². The van der Waals surface area contributed by atoms with Crippen molar-refractivity contribution in [3.8, 4) is 0 Å². The second kappa shape index (κ2) is 17.4. The average Bonchev–Trinajstić information content (AvgIpc) is 2.80. The zero-order valence-corrected chi connectivity index (χ0v) is 36.8. The first-order valence-electron chi connectivity index (χ1n) is 16.0. The van der Waals surface area contributed by atoms with Gasteiger partial charge in [-0.1, -0.05) is 79.1 Å². The highest BCUT2D eigenvalue weighted by atomic mass is 31.3. The fourth-order valence-corrected chi connectivity index (χ4v) is 29.4. The van der Waals surface area contributed by atoms with Crippen LogP contribution in [0.2, 0.25) is 76.6 Å². The molecule has 0 N–H and O–H groups in total. The van der Waals surface area contributed by atoms with Crippen LogP contribution in [-0.4, -0.2) is 33.3 Å². The first-order chi connectivity index (χ1) is 19.9. The average molecular weight is 777 g/mol. The molecule has 0 radical (unpaired) electrons. The lowest BCUT2D eigenvalue weighted by Crippen LogP contribution is -2.34. The van der Waals surface area contributed by atoms with Crippen molar-refractivity contribution in [2.75, 3.05) is 0 Å². The van der Waals surface area contributed by atoms with Crippen LogP contribution in [-0.2, 0) is 52.4 Å². The van der Waals surface area contributed by atoms with E-state index in [1.54, 1.807) is 52.4 Å². The summed E-state index contributed by atoms with van der Waals surface area (Å²) >= 11 is 0. The Morgan fingerprint density at radius 2 is 0.545 bits per heavy atom. The van der Waals surface area contributed by atoms with Gasteiger partial charge in [-0.2, -0.15) is 17.2 Å². The van der Waals surface area contributed by atoms with E-state index in [9.17, 15) is 18.3 Å². The van der Waals surface area contributed by atoms with Crippen molar-refractivity contribution in [1.82, 2.24) is 0 Å². The van der Waals surface area contributed by atoms with Gasteiger partial charge in [0.1, 0.15) is 0 Å². The maximum absolute atomic E-state index is 14.5. The summed E-state index contributed by atoms with van der Waals surface area (Å²) in [6, 6.07) is 2.24. The van der Waals surface area contributed by atoms with Gasteiger partial charge in [0.2, 0.25) is 33.3 Å². The third-order valence-electron chi connectivity index (χ3n) is 6.77. The van der Waals surface area contributed by atoms with Crippen LogP contribution in [0.3, 0.4) is 0 Å². The van der Waals surface area contributed by atoms with Crippen molar-refractivity contribution in [2.45, 2.75) is 156 Å².